The Morgan fingerprint density at radius 1 is 1.50 bits per heavy atom. The number of hydrogen-bond donors (Lipinski definition) is 1. The zero-order valence-electron chi connectivity index (χ0n) is 6.63. The van der Waals surface area contributed by atoms with E-state index >= 15 is 0 Å². The number of aliphatic hydroxyl groups excluding tert-OH is 1. The zero-order valence-corrected chi connectivity index (χ0v) is 6.63. The van der Waals surface area contributed by atoms with Crippen molar-refractivity contribution in [3.63, 3.8) is 0 Å². The molecule has 0 aromatic carbocycles. The fraction of sp³-hybridized carbons (Fsp3) is 0.857. The smallest absolute Gasteiger partial charge is 0.146 e. The van der Waals surface area contributed by atoms with E-state index in [0.717, 1.165) is 0 Å². The minimum absolute atomic E-state index is 0.110. The Hall–Kier alpha value is -0.410. The summed E-state index contributed by atoms with van der Waals surface area (Å²) in [5.41, 5.74) is 0. The fourth-order valence-corrected chi connectivity index (χ4v) is 0.708. The van der Waals surface area contributed by atoms with Gasteiger partial charge in [-0.2, -0.15) is 0 Å². The Bertz CT molecular complexity index is 102. The molecule has 0 rings (SSSR count). The van der Waals surface area contributed by atoms with Crippen molar-refractivity contribution < 1.29 is 9.90 Å². The van der Waals surface area contributed by atoms with Crippen LogP contribution in [0.3, 0.4) is 0 Å². The second kappa shape index (κ2) is 5.38. The van der Waals surface area contributed by atoms with Gasteiger partial charge in [0.2, 0.25) is 0 Å². The van der Waals surface area contributed by atoms with Gasteiger partial charge in [0.15, 0.2) is 0 Å². The number of aliphatic hydroxyl groups is 1. The molecule has 0 saturated heterocycles. The van der Waals surface area contributed by atoms with E-state index in [1.165, 1.54) is 0 Å². The third-order valence-electron chi connectivity index (χ3n) is 1.11. The molecule has 0 aliphatic rings. The normalized spacial score (nSPS) is 10.4. The van der Waals surface area contributed by atoms with Crippen LogP contribution in [0.5, 0.6) is 0 Å². The van der Waals surface area contributed by atoms with Gasteiger partial charge < -0.3 is 10.0 Å². The molecule has 0 radical (unpaired) electrons. The van der Waals surface area contributed by atoms with E-state index in [1.807, 2.05) is 19.0 Å². The van der Waals surface area contributed by atoms with Crippen molar-refractivity contribution in [1.29, 1.82) is 0 Å². The molecule has 3 heteroatoms. The summed E-state index contributed by atoms with van der Waals surface area (Å²) in [6, 6.07) is 0. The van der Waals surface area contributed by atoms with Gasteiger partial charge in [0.05, 0.1) is 6.54 Å². The van der Waals surface area contributed by atoms with E-state index in [-0.39, 0.29) is 12.4 Å². The molecule has 1 N–H and O–H groups in total. The Morgan fingerprint density at radius 2 is 2.10 bits per heavy atom. The van der Waals surface area contributed by atoms with Gasteiger partial charge in [-0.3, -0.25) is 4.79 Å². The van der Waals surface area contributed by atoms with Crippen LogP contribution in [0.2, 0.25) is 0 Å². The highest BCUT2D eigenvalue weighted by atomic mass is 16.3. The van der Waals surface area contributed by atoms with Crippen molar-refractivity contribution in [3.8, 4) is 0 Å². The molecule has 10 heavy (non-hydrogen) atoms. The Labute approximate surface area is 61.6 Å². The van der Waals surface area contributed by atoms with Crippen molar-refractivity contribution >= 4 is 5.78 Å². The second-order valence-electron chi connectivity index (χ2n) is 2.60. The number of carbonyl (C=O) groups excluding carboxylic acids is 1. The molecule has 60 valence electrons. The highest BCUT2D eigenvalue weighted by molar-refractivity contribution is 5.80. The zero-order chi connectivity index (χ0) is 7.98. The number of carbonyl (C=O) groups is 1. The third-order valence-corrected chi connectivity index (χ3v) is 1.11. The van der Waals surface area contributed by atoms with Crippen molar-refractivity contribution in [1.82, 2.24) is 4.90 Å². The summed E-state index contributed by atoms with van der Waals surface area (Å²) in [5.74, 6) is 0.194. The average molecular weight is 145 g/mol. The van der Waals surface area contributed by atoms with Crippen molar-refractivity contribution in [2.45, 2.75) is 12.8 Å². The molecule has 0 aromatic heterocycles. The molecule has 0 fully saturated rings. The van der Waals surface area contributed by atoms with Crippen LogP contribution in [-0.2, 0) is 4.79 Å². The molecule has 0 aliphatic carbocycles. The lowest BCUT2D eigenvalue weighted by molar-refractivity contribution is -0.119. The first-order chi connectivity index (χ1) is 4.66. The molecule has 0 spiro atoms. The predicted molar refractivity (Wildman–Crippen MR) is 39.9 cm³/mol. The van der Waals surface area contributed by atoms with Crippen LogP contribution < -0.4 is 0 Å². The maximum Gasteiger partial charge on any atom is 0.146 e. The lowest BCUT2D eigenvalue weighted by Gasteiger charge is -2.06. The molecule has 3 nitrogen and oxygen atoms in total. The molecule has 0 aromatic rings. The van der Waals surface area contributed by atoms with Crippen LogP contribution in [0.25, 0.3) is 0 Å². The van der Waals surface area contributed by atoms with Crippen LogP contribution in [-0.4, -0.2) is 43.0 Å². The molecule has 0 bridgehead atoms. The van der Waals surface area contributed by atoms with Crippen molar-refractivity contribution in [3.05, 3.63) is 0 Å². The maximum atomic E-state index is 10.9. The van der Waals surface area contributed by atoms with Crippen LogP contribution in [0.15, 0.2) is 0 Å². The van der Waals surface area contributed by atoms with Crippen molar-refractivity contribution in [2.24, 2.45) is 0 Å². The van der Waals surface area contributed by atoms with Crippen LogP contribution in [0.1, 0.15) is 12.8 Å². The van der Waals surface area contributed by atoms with Crippen LogP contribution in [0, 0.1) is 0 Å². The van der Waals surface area contributed by atoms with Crippen LogP contribution in [0.4, 0.5) is 0 Å². The van der Waals surface area contributed by atoms with Crippen molar-refractivity contribution in [2.75, 3.05) is 27.2 Å². The molecular weight excluding hydrogens is 130 g/mol. The van der Waals surface area contributed by atoms with Gasteiger partial charge >= 0.3 is 0 Å². The minimum atomic E-state index is 0.110. The highest BCUT2D eigenvalue weighted by Gasteiger charge is 2.01. The molecule has 0 atom stereocenters. The SMILES string of the molecule is CN(C)CC(=O)CCCO. The lowest BCUT2D eigenvalue weighted by atomic mass is 10.2. The molecule has 0 heterocycles. The average Bonchev–Trinajstić information content (AvgIpc) is 1.82. The van der Waals surface area contributed by atoms with Gasteiger partial charge in [0.25, 0.3) is 0 Å². The van der Waals surface area contributed by atoms with Gasteiger partial charge in [-0.15, -0.1) is 0 Å². The van der Waals surface area contributed by atoms with E-state index in [2.05, 4.69) is 0 Å². The number of likely N-dealkylation sites (N-methyl/N-ethyl adjacent to an activating group) is 1. The van der Waals surface area contributed by atoms with Gasteiger partial charge in [-0.1, -0.05) is 0 Å². The van der Waals surface area contributed by atoms with E-state index in [0.29, 0.717) is 19.4 Å². The van der Waals surface area contributed by atoms with E-state index < -0.39 is 0 Å². The van der Waals surface area contributed by atoms with E-state index in [9.17, 15) is 4.79 Å². The second-order valence-corrected chi connectivity index (χ2v) is 2.60. The van der Waals surface area contributed by atoms with E-state index in [1.54, 1.807) is 0 Å². The fourth-order valence-electron chi connectivity index (χ4n) is 0.708. The summed E-state index contributed by atoms with van der Waals surface area (Å²) < 4.78 is 0. The first kappa shape index (κ1) is 9.59. The molecular formula is C7H15NO2. The molecule has 0 unspecified atom stereocenters. The number of rotatable bonds is 5. The Balaban J connectivity index is 3.26. The number of nitrogens with zero attached hydrogens (tertiary/aromatic N) is 1. The summed E-state index contributed by atoms with van der Waals surface area (Å²) >= 11 is 0. The summed E-state index contributed by atoms with van der Waals surface area (Å²) in [6.07, 6.45) is 1.08. The first-order valence-electron chi connectivity index (χ1n) is 3.44. The van der Waals surface area contributed by atoms with E-state index in [4.69, 9.17) is 5.11 Å². The van der Waals surface area contributed by atoms with Gasteiger partial charge in [0, 0.05) is 13.0 Å². The first-order valence-corrected chi connectivity index (χ1v) is 3.44. The summed E-state index contributed by atoms with van der Waals surface area (Å²) in [5, 5.41) is 8.38. The monoisotopic (exact) mass is 145 g/mol. The topological polar surface area (TPSA) is 40.5 Å². The van der Waals surface area contributed by atoms with Gasteiger partial charge in [-0.05, 0) is 20.5 Å². The Kier molecular flexibility index (Phi) is 5.16. The minimum Gasteiger partial charge on any atom is -0.396 e. The molecule has 0 aliphatic heterocycles. The third kappa shape index (κ3) is 5.72. The summed E-state index contributed by atoms with van der Waals surface area (Å²) in [7, 11) is 3.72. The number of hydrogen-bond acceptors (Lipinski definition) is 3. The summed E-state index contributed by atoms with van der Waals surface area (Å²) in [4.78, 5) is 12.7. The largest absolute Gasteiger partial charge is 0.396 e. The number of Topliss-reactive ketones (excluding diaryl/α,β-unsaturated/α-hetero) is 1. The lowest BCUT2D eigenvalue weighted by Crippen LogP contribution is -2.21. The highest BCUT2D eigenvalue weighted by Crippen LogP contribution is 1.90. The Morgan fingerprint density at radius 3 is 2.50 bits per heavy atom. The van der Waals surface area contributed by atoms with Crippen LogP contribution >= 0.6 is 0 Å². The van der Waals surface area contributed by atoms with Gasteiger partial charge in [0.1, 0.15) is 5.78 Å². The molecule has 0 amide bonds. The number of ketones is 1. The summed E-state index contributed by atoms with van der Waals surface area (Å²) in [6.45, 7) is 0.596. The standard InChI is InChI=1S/C7H15NO2/c1-8(2)6-7(10)4-3-5-9/h9H,3-6H2,1-2H3. The maximum absolute atomic E-state index is 10.9. The quantitative estimate of drug-likeness (QED) is 0.587. The predicted octanol–water partition coefficient (Wildman–Crippen LogP) is -0.110. The molecule has 0 saturated carbocycles. The van der Waals surface area contributed by atoms with Gasteiger partial charge in [-0.25, -0.2) is 0 Å².